The third-order valence-corrected chi connectivity index (χ3v) is 6.97. The monoisotopic (exact) mass is 364 g/mol. The van der Waals surface area contributed by atoms with Crippen LogP contribution in [0.5, 0.6) is 0 Å². The minimum atomic E-state index is -1.74. The van der Waals surface area contributed by atoms with Gasteiger partial charge in [0.15, 0.2) is 6.61 Å². The molecule has 0 aromatic rings. The molecule has 26 heavy (non-hydrogen) atoms. The highest BCUT2D eigenvalue weighted by atomic mass is 16.5. The maximum atomic E-state index is 12.8. The average Bonchev–Trinajstić information content (AvgIpc) is 2.85. The van der Waals surface area contributed by atoms with Crippen molar-refractivity contribution in [3.8, 4) is 0 Å². The molecule has 0 spiro atoms. The molecule has 7 heteroatoms. The second kappa shape index (κ2) is 6.37. The van der Waals surface area contributed by atoms with Crippen LogP contribution in [0.4, 0.5) is 0 Å². The Morgan fingerprint density at radius 3 is 2.58 bits per heavy atom. The van der Waals surface area contributed by atoms with Gasteiger partial charge in [0.2, 0.25) is 5.78 Å². The van der Waals surface area contributed by atoms with Crippen LogP contribution in [-0.2, 0) is 28.7 Å². The smallest absolute Gasteiger partial charge is 0.303 e. The molecule has 3 fully saturated rings. The summed E-state index contributed by atoms with van der Waals surface area (Å²) in [6.45, 7) is 2.40. The first-order valence-corrected chi connectivity index (χ1v) is 9.05. The number of carbonyl (C=O) groups is 5. The number of rotatable bonds is 4. The summed E-state index contributed by atoms with van der Waals surface area (Å²) >= 11 is 0. The van der Waals surface area contributed by atoms with Crippen LogP contribution in [0, 0.1) is 29.1 Å². The van der Waals surface area contributed by atoms with E-state index in [4.69, 9.17) is 4.74 Å². The Balaban J connectivity index is 1.92. The van der Waals surface area contributed by atoms with E-state index in [0.29, 0.717) is 19.1 Å². The lowest BCUT2D eigenvalue weighted by molar-refractivity contribution is -0.173. The number of aldehydes is 1. The van der Waals surface area contributed by atoms with Crippen LogP contribution < -0.4 is 0 Å². The molecule has 1 N–H and O–H groups in total. The Morgan fingerprint density at radius 2 is 1.96 bits per heavy atom. The topological polar surface area (TPSA) is 115 Å². The molecule has 3 rings (SSSR count). The summed E-state index contributed by atoms with van der Waals surface area (Å²) in [5, 5.41) is 11.2. The number of aliphatic hydroxyl groups is 1. The maximum absolute atomic E-state index is 12.8. The molecular formula is C19H24O7. The van der Waals surface area contributed by atoms with Crippen LogP contribution in [0.3, 0.4) is 0 Å². The number of hydrogen-bond donors (Lipinski definition) is 1. The van der Waals surface area contributed by atoms with Gasteiger partial charge in [-0.05, 0) is 31.1 Å². The molecule has 0 heterocycles. The highest BCUT2D eigenvalue weighted by Crippen LogP contribution is 2.62. The Morgan fingerprint density at radius 1 is 1.27 bits per heavy atom. The predicted octanol–water partition coefficient (Wildman–Crippen LogP) is 0.649. The largest absolute Gasteiger partial charge is 0.458 e. The molecule has 3 aliphatic carbocycles. The fourth-order valence-corrected chi connectivity index (χ4v) is 5.64. The summed E-state index contributed by atoms with van der Waals surface area (Å²) in [6, 6.07) is 0. The van der Waals surface area contributed by atoms with E-state index < -0.39 is 41.2 Å². The number of fused-ring (bicyclic) bond motifs is 3. The molecule has 6 unspecified atom stereocenters. The molecule has 7 nitrogen and oxygen atoms in total. The van der Waals surface area contributed by atoms with Gasteiger partial charge in [0, 0.05) is 31.1 Å². The van der Waals surface area contributed by atoms with Crippen molar-refractivity contribution in [3.63, 3.8) is 0 Å². The molecule has 0 saturated heterocycles. The van der Waals surface area contributed by atoms with E-state index >= 15 is 0 Å². The van der Waals surface area contributed by atoms with Gasteiger partial charge in [-0.15, -0.1) is 0 Å². The normalized spacial score (nSPS) is 42.0. The number of Topliss-reactive ketones (excluding diaryl/α,β-unsaturated/α-hetero) is 3. The summed E-state index contributed by atoms with van der Waals surface area (Å²) in [4.78, 5) is 59.9. The van der Waals surface area contributed by atoms with Crippen LogP contribution in [0.1, 0.15) is 46.0 Å². The molecule has 0 amide bonds. The minimum Gasteiger partial charge on any atom is -0.458 e. The lowest BCUT2D eigenvalue weighted by Crippen LogP contribution is -2.60. The zero-order valence-corrected chi connectivity index (χ0v) is 15.0. The van der Waals surface area contributed by atoms with Gasteiger partial charge >= 0.3 is 5.97 Å². The van der Waals surface area contributed by atoms with Crippen molar-refractivity contribution >= 4 is 29.6 Å². The van der Waals surface area contributed by atoms with Crippen molar-refractivity contribution in [3.05, 3.63) is 0 Å². The molecule has 6 atom stereocenters. The second-order valence-corrected chi connectivity index (χ2v) is 8.13. The van der Waals surface area contributed by atoms with Gasteiger partial charge in [0.1, 0.15) is 23.5 Å². The average molecular weight is 364 g/mol. The van der Waals surface area contributed by atoms with E-state index in [1.54, 1.807) is 6.92 Å². The van der Waals surface area contributed by atoms with Gasteiger partial charge in [-0.25, -0.2) is 0 Å². The first-order chi connectivity index (χ1) is 12.2. The number of carbonyl (C=O) groups excluding carboxylic acids is 5. The van der Waals surface area contributed by atoms with E-state index in [0.717, 1.165) is 0 Å². The van der Waals surface area contributed by atoms with Crippen LogP contribution >= 0.6 is 0 Å². The van der Waals surface area contributed by atoms with E-state index in [9.17, 15) is 29.1 Å². The molecule has 142 valence electrons. The first kappa shape index (κ1) is 18.9. The summed E-state index contributed by atoms with van der Waals surface area (Å²) in [5.74, 6) is -3.51. The number of ketones is 3. The molecule has 0 bridgehead atoms. The van der Waals surface area contributed by atoms with Crippen molar-refractivity contribution in [2.24, 2.45) is 29.1 Å². The lowest BCUT2D eigenvalue weighted by Gasteiger charge is -2.52. The first-order valence-electron chi connectivity index (χ1n) is 9.05. The Labute approximate surface area is 151 Å². The molecule has 0 aromatic heterocycles. The number of hydrogen-bond acceptors (Lipinski definition) is 7. The SMILES string of the molecule is CC(=O)OCC(=O)C1(O)CCC2C3CCC(=O)C(C=O)C3C(=O)CC21C. The second-order valence-electron chi connectivity index (χ2n) is 8.13. The minimum absolute atomic E-state index is 0.0568. The Hall–Kier alpha value is -1.89. The summed E-state index contributed by atoms with van der Waals surface area (Å²) in [7, 11) is 0. The van der Waals surface area contributed by atoms with Gasteiger partial charge in [-0.3, -0.25) is 19.2 Å². The van der Waals surface area contributed by atoms with Crippen molar-refractivity contribution < 1.29 is 33.8 Å². The standard InChI is InChI=1S/C19H24O7/c1-10(21)26-9-16(24)19(25)6-5-13-11-3-4-14(22)12(8-20)17(11)15(23)7-18(13,19)2/h8,11-13,17,25H,3-7,9H2,1-2H3. The van der Waals surface area contributed by atoms with Crippen LogP contribution in [0.2, 0.25) is 0 Å². The zero-order chi connectivity index (χ0) is 19.3. The van der Waals surface area contributed by atoms with Gasteiger partial charge in [-0.1, -0.05) is 6.92 Å². The highest BCUT2D eigenvalue weighted by Gasteiger charge is 2.67. The van der Waals surface area contributed by atoms with E-state index in [2.05, 4.69) is 0 Å². The fraction of sp³-hybridized carbons (Fsp3) is 0.737. The molecule has 0 aliphatic heterocycles. The third-order valence-electron chi connectivity index (χ3n) is 6.97. The van der Waals surface area contributed by atoms with Crippen LogP contribution in [0.15, 0.2) is 0 Å². The maximum Gasteiger partial charge on any atom is 0.303 e. The van der Waals surface area contributed by atoms with Crippen LogP contribution in [-0.4, -0.2) is 46.9 Å². The van der Waals surface area contributed by atoms with E-state index in [1.165, 1.54) is 6.92 Å². The van der Waals surface area contributed by atoms with Gasteiger partial charge < -0.3 is 14.6 Å². The Kier molecular flexibility index (Phi) is 4.63. The molecule has 3 saturated carbocycles. The summed E-state index contributed by atoms with van der Waals surface area (Å²) in [5.41, 5.74) is -2.72. The van der Waals surface area contributed by atoms with Crippen LogP contribution in [0.25, 0.3) is 0 Å². The molecule has 0 radical (unpaired) electrons. The summed E-state index contributed by atoms with van der Waals surface area (Å²) in [6.07, 6.45) is 1.97. The third kappa shape index (κ3) is 2.55. The van der Waals surface area contributed by atoms with E-state index in [-0.39, 0.29) is 42.7 Å². The molecule has 0 aromatic carbocycles. The van der Waals surface area contributed by atoms with Crippen molar-refractivity contribution in [1.29, 1.82) is 0 Å². The quantitative estimate of drug-likeness (QED) is 0.442. The fourth-order valence-electron chi connectivity index (χ4n) is 5.64. The Bertz CT molecular complexity index is 683. The lowest BCUT2D eigenvalue weighted by atomic mass is 9.51. The predicted molar refractivity (Wildman–Crippen MR) is 87.8 cm³/mol. The van der Waals surface area contributed by atoms with Crippen molar-refractivity contribution in [2.75, 3.05) is 6.61 Å². The van der Waals surface area contributed by atoms with Crippen molar-refractivity contribution in [2.45, 2.75) is 51.6 Å². The van der Waals surface area contributed by atoms with E-state index in [1.807, 2.05) is 0 Å². The number of esters is 1. The van der Waals surface area contributed by atoms with Gasteiger partial charge in [0.05, 0.1) is 5.92 Å². The van der Waals surface area contributed by atoms with Gasteiger partial charge in [0.25, 0.3) is 0 Å². The van der Waals surface area contributed by atoms with Crippen molar-refractivity contribution in [1.82, 2.24) is 0 Å². The number of ether oxygens (including phenoxy) is 1. The highest BCUT2D eigenvalue weighted by molar-refractivity contribution is 6.01. The molecule has 3 aliphatic rings. The summed E-state index contributed by atoms with van der Waals surface area (Å²) < 4.78 is 4.76. The van der Waals surface area contributed by atoms with Gasteiger partial charge in [-0.2, -0.15) is 0 Å². The zero-order valence-electron chi connectivity index (χ0n) is 15.0. The molecular weight excluding hydrogens is 340 g/mol.